The maximum Gasteiger partial charge on any atom is 0.227 e. The molecule has 1 saturated heterocycles. The molecule has 0 aliphatic carbocycles. The molecule has 0 bridgehead atoms. The molecule has 22 heavy (non-hydrogen) atoms. The number of hydrogen-bond acceptors (Lipinski definition) is 6. The first kappa shape index (κ1) is 15.2. The maximum atomic E-state index is 12.2. The molecule has 2 aromatic rings. The molecule has 0 radical (unpaired) electrons. The van der Waals surface area contributed by atoms with Crippen LogP contribution in [0.1, 0.15) is 25.2 Å². The SMILES string of the molecule is O=C(CCc1nc(-c2cccs2)no1)N1CCCC(CO)C1. The monoisotopic (exact) mass is 321 g/mol. The summed E-state index contributed by atoms with van der Waals surface area (Å²) < 4.78 is 5.20. The molecule has 1 N–H and O–H groups in total. The number of carbonyl (C=O) groups excluding carboxylic acids is 1. The number of aromatic nitrogens is 2. The summed E-state index contributed by atoms with van der Waals surface area (Å²) in [5.41, 5.74) is 0. The molecule has 6 nitrogen and oxygen atoms in total. The third kappa shape index (κ3) is 3.53. The summed E-state index contributed by atoms with van der Waals surface area (Å²) in [4.78, 5) is 19.3. The van der Waals surface area contributed by atoms with Crippen LogP contribution in [0.3, 0.4) is 0 Å². The van der Waals surface area contributed by atoms with E-state index in [1.807, 2.05) is 22.4 Å². The van der Waals surface area contributed by atoms with Gasteiger partial charge in [-0.3, -0.25) is 4.79 Å². The highest BCUT2D eigenvalue weighted by atomic mass is 32.1. The average molecular weight is 321 g/mol. The van der Waals surface area contributed by atoms with E-state index in [0.29, 0.717) is 31.1 Å². The van der Waals surface area contributed by atoms with Crippen LogP contribution >= 0.6 is 11.3 Å². The Morgan fingerprint density at radius 1 is 1.55 bits per heavy atom. The molecule has 0 saturated carbocycles. The largest absolute Gasteiger partial charge is 0.396 e. The van der Waals surface area contributed by atoms with E-state index in [-0.39, 0.29) is 18.4 Å². The van der Waals surface area contributed by atoms with Gasteiger partial charge in [-0.15, -0.1) is 11.3 Å². The van der Waals surface area contributed by atoms with Gasteiger partial charge in [-0.25, -0.2) is 0 Å². The first-order valence-corrected chi connectivity index (χ1v) is 8.39. The molecule has 0 spiro atoms. The van der Waals surface area contributed by atoms with Gasteiger partial charge in [0, 0.05) is 32.5 Å². The minimum absolute atomic E-state index is 0.0917. The predicted octanol–water partition coefficient (Wildman–Crippen LogP) is 1.96. The van der Waals surface area contributed by atoms with Crippen LogP contribution in [0.5, 0.6) is 0 Å². The number of aliphatic hydroxyl groups is 1. The molecule has 7 heteroatoms. The van der Waals surface area contributed by atoms with Gasteiger partial charge in [-0.2, -0.15) is 4.98 Å². The van der Waals surface area contributed by atoms with Crippen molar-refractivity contribution in [3.05, 3.63) is 23.4 Å². The lowest BCUT2D eigenvalue weighted by Gasteiger charge is -2.31. The molecule has 1 atom stereocenters. The Kier molecular flexibility index (Phi) is 4.84. The van der Waals surface area contributed by atoms with E-state index in [2.05, 4.69) is 10.1 Å². The number of nitrogens with zero attached hydrogens (tertiary/aromatic N) is 3. The minimum atomic E-state index is 0.0917. The highest BCUT2D eigenvalue weighted by molar-refractivity contribution is 7.13. The number of rotatable bonds is 5. The summed E-state index contributed by atoms with van der Waals surface area (Å²) in [6.45, 7) is 1.58. The lowest BCUT2D eigenvalue weighted by molar-refractivity contribution is -0.133. The number of likely N-dealkylation sites (tertiary alicyclic amines) is 1. The second-order valence-electron chi connectivity index (χ2n) is 5.52. The molecule has 1 fully saturated rings. The number of piperidine rings is 1. The number of hydrogen-bond donors (Lipinski definition) is 1. The third-order valence-corrected chi connectivity index (χ3v) is 4.76. The molecule has 3 rings (SSSR count). The maximum absolute atomic E-state index is 12.2. The van der Waals surface area contributed by atoms with E-state index < -0.39 is 0 Å². The van der Waals surface area contributed by atoms with Crippen LogP contribution in [0.25, 0.3) is 10.7 Å². The van der Waals surface area contributed by atoms with Crippen LogP contribution in [0, 0.1) is 5.92 Å². The summed E-state index contributed by atoms with van der Waals surface area (Å²) in [5.74, 6) is 1.38. The molecule has 1 aliphatic rings. The standard InChI is InChI=1S/C15H19N3O3S/c19-10-11-3-1-7-18(9-11)14(20)6-5-13-16-15(17-21-13)12-4-2-8-22-12/h2,4,8,11,19H,1,3,5-7,9-10H2. The number of thiophene rings is 1. The zero-order chi connectivity index (χ0) is 15.4. The van der Waals surface area contributed by atoms with E-state index in [1.54, 1.807) is 11.3 Å². The van der Waals surface area contributed by atoms with Crippen molar-refractivity contribution in [2.45, 2.75) is 25.7 Å². The van der Waals surface area contributed by atoms with Gasteiger partial charge in [0.1, 0.15) is 0 Å². The lowest BCUT2D eigenvalue weighted by atomic mass is 9.99. The first-order chi connectivity index (χ1) is 10.8. The molecule has 1 aliphatic heterocycles. The van der Waals surface area contributed by atoms with Crippen molar-refractivity contribution in [1.82, 2.24) is 15.0 Å². The fraction of sp³-hybridized carbons (Fsp3) is 0.533. The fourth-order valence-electron chi connectivity index (χ4n) is 2.67. The van der Waals surface area contributed by atoms with Gasteiger partial charge >= 0.3 is 0 Å². The second-order valence-corrected chi connectivity index (χ2v) is 6.47. The Balaban J connectivity index is 1.53. The zero-order valence-electron chi connectivity index (χ0n) is 12.3. The molecular weight excluding hydrogens is 302 g/mol. The van der Waals surface area contributed by atoms with Crippen molar-refractivity contribution >= 4 is 17.2 Å². The Morgan fingerprint density at radius 2 is 2.45 bits per heavy atom. The summed E-state index contributed by atoms with van der Waals surface area (Å²) in [5, 5.41) is 15.1. The van der Waals surface area contributed by atoms with Gasteiger partial charge in [0.25, 0.3) is 0 Å². The van der Waals surface area contributed by atoms with Crippen LogP contribution in [-0.4, -0.2) is 45.8 Å². The molecule has 0 aromatic carbocycles. The van der Waals surface area contributed by atoms with Gasteiger partial charge in [0.2, 0.25) is 17.6 Å². The first-order valence-electron chi connectivity index (χ1n) is 7.51. The number of aliphatic hydroxyl groups excluding tert-OH is 1. The van der Waals surface area contributed by atoms with E-state index in [1.165, 1.54) is 0 Å². The molecule has 118 valence electrons. The van der Waals surface area contributed by atoms with Gasteiger partial charge in [0.05, 0.1) is 4.88 Å². The normalized spacial score (nSPS) is 18.6. The van der Waals surface area contributed by atoms with E-state index in [9.17, 15) is 9.90 Å². The van der Waals surface area contributed by atoms with Crippen molar-refractivity contribution < 1.29 is 14.4 Å². The second kappa shape index (κ2) is 7.02. The van der Waals surface area contributed by atoms with Crippen molar-refractivity contribution in [2.24, 2.45) is 5.92 Å². The molecule has 1 unspecified atom stereocenters. The Bertz CT molecular complexity index is 611. The van der Waals surface area contributed by atoms with Crippen molar-refractivity contribution in [3.8, 4) is 10.7 Å². The van der Waals surface area contributed by atoms with Crippen LogP contribution in [-0.2, 0) is 11.2 Å². The van der Waals surface area contributed by atoms with Crippen LogP contribution in [0.15, 0.2) is 22.0 Å². The average Bonchev–Trinajstić information content (AvgIpc) is 3.23. The Hall–Kier alpha value is -1.73. The van der Waals surface area contributed by atoms with Gasteiger partial charge < -0.3 is 14.5 Å². The quantitative estimate of drug-likeness (QED) is 0.910. The van der Waals surface area contributed by atoms with E-state index in [0.717, 1.165) is 24.3 Å². The van der Waals surface area contributed by atoms with E-state index >= 15 is 0 Å². The van der Waals surface area contributed by atoms with E-state index in [4.69, 9.17) is 4.52 Å². The summed E-state index contributed by atoms with van der Waals surface area (Å²) in [6.07, 6.45) is 2.77. The summed E-state index contributed by atoms with van der Waals surface area (Å²) >= 11 is 1.56. The summed E-state index contributed by atoms with van der Waals surface area (Å²) in [6, 6.07) is 3.88. The number of carbonyl (C=O) groups is 1. The van der Waals surface area contributed by atoms with Crippen molar-refractivity contribution in [2.75, 3.05) is 19.7 Å². The molecule has 1 amide bonds. The Morgan fingerprint density at radius 3 is 3.23 bits per heavy atom. The smallest absolute Gasteiger partial charge is 0.227 e. The Labute approximate surface area is 132 Å². The molecular formula is C15H19N3O3S. The predicted molar refractivity (Wildman–Crippen MR) is 82.3 cm³/mol. The van der Waals surface area contributed by atoms with Gasteiger partial charge in [0.15, 0.2) is 0 Å². The van der Waals surface area contributed by atoms with Crippen molar-refractivity contribution in [3.63, 3.8) is 0 Å². The van der Waals surface area contributed by atoms with Gasteiger partial charge in [-0.1, -0.05) is 11.2 Å². The lowest BCUT2D eigenvalue weighted by Crippen LogP contribution is -2.41. The molecule has 2 aromatic heterocycles. The van der Waals surface area contributed by atoms with Crippen LogP contribution < -0.4 is 0 Å². The highest BCUT2D eigenvalue weighted by Gasteiger charge is 2.23. The zero-order valence-corrected chi connectivity index (χ0v) is 13.1. The number of aryl methyl sites for hydroxylation is 1. The molecule has 3 heterocycles. The topological polar surface area (TPSA) is 79.5 Å². The van der Waals surface area contributed by atoms with Crippen molar-refractivity contribution in [1.29, 1.82) is 0 Å². The minimum Gasteiger partial charge on any atom is -0.396 e. The number of amides is 1. The van der Waals surface area contributed by atoms with Gasteiger partial charge in [-0.05, 0) is 30.2 Å². The highest BCUT2D eigenvalue weighted by Crippen LogP contribution is 2.22. The third-order valence-electron chi connectivity index (χ3n) is 3.89. The van der Waals surface area contributed by atoms with Crippen LogP contribution in [0.4, 0.5) is 0 Å². The summed E-state index contributed by atoms with van der Waals surface area (Å²) in [7, 11) is 0. The van der Waals surface area contributed by atoms with Crippen LogP contribution in [0.2, 0.25) is 0 Å². The fourth-order valence-corrected chi connectivity index (χ4v) is 3.32.